The number of fused-ring (bicyclic) bond motifs is 5. The quantitative estimate of drug-likeness (QED) is 0.589. The van der Waals surface area contributed by atoms with Gasteiger partial charge in [0.25, 0.3) is 0 Å². The van der Waals surface area contributed by atoms with Crippen molar-refractivity contribution in [3.63, 3.8) is 0 Å². The molecular formula is C22H26Cl3FO4. The van der Waals surface area contributed by atoms with E-state index in [4.69, 9.17) is 34.8 Å². The first-order valence-electron chi connectivity index (χ1n) is 10.3. The molecule has 0 bridgehead atoms. The van der Waals surface area contributed by atoms with Crippen LogP contribution in [-0.4, -0.2) is 50.4 Å². The van der Waals surface area contributed by atoms with E-state index in [9.17, 15) is 19.8 Å². The Kier molecular flexibility index (Phi) is 5.13. The Bertz CT molecular complexity index is 890. The molecule has 0 aromatic carbocycles. The molecule has 9 atom stereocenters. The molecule has 0 radical (unpaired) electrons. The first kappa shape index (κ1) is 22.7. The van der Waals surface area contributed by atoms with Gasteiger partial charge in [0, 0.05) is 10.8 Å². The van der Waals surface area contributed by atoms with Gasteiger partial charge in [0.05, 0.1) is 15.3 Å². The minimum absolute atomic E-state index is 0.0157. The summed E-state index contributed by atoms with van der Waals surface area (Å²) in [5.41, 5.74) is -3.53. The number of halogens is 4. The Labute approximate surface area is 190 Å². The molecule has 4 nitrogen and oxygen atoms in total. The Morgan fingerprint density at radius 2 is 1.93 bits per heavy atom. The van der Waals surface area contributed by atoms with Gasteiger partial charge in [0.15, 0.2) is 11.6 Å². The van der Waals surface area contributed by atoms with Crippen LogP contribution in [0, 0.1) is 28.6 Å². The lowest BCUT2D eigenvalue weighted by Gasteiger charge is -2.64. The van der Waals surface area contributed by atoms with Gasteiger partial charge in [0.1, 0.15) is 18.4 Å². The molecule has 4 rings (SSSR count). The summed E-state index contributed by atoms with van der Waals surface area (Å²) in [5.74, 6) is -2.28. The van der Waals surface area contributed by atoms with Crippen molar-refractivity contribution in [2.75, 3.05) is 6.61 Å². The largest absolute Gasteiger partial charge is 0.388 e. The fraction of sp³-hybridized carbons (Fsp3) is 0.727. The first-order valence-corrected chi connectivity index (χ1v) is 11.5. The fourth-order valence-electron chi connectivity index (χ4n) is 7.24. The Morgan fingerprint density at radius 1 is 1.30 bits per heavy atom. The maximum absolute atomic E-state index is 15.5. The number of carbonyl (C=O) groups is 2. The third-order valence-corrected chi connectivity index (χ3v) is 10.6. The van der Waals surface area contributed by atoms with Crippen molar-refractivity contribution in [2.24, 2.45) is 28.6 Å². The van der Waals surface area contributed by atoms with Crippen molar-refractivity contribution in [1.82, 2.24) is 0 Å². The lowest BCUT2D eigenvalue weighted by molar-refractivity contribution is -0.168. The maximum Gasteiger partial charge on any atom is 0.196 e. The molecule has 4 aliphatic carbocycles. The van der Waals surface area contributed by atoms with E-state index in [0.717, 1.165) is 0 Å². The number of aliphatic hydroxyl groups excluding tert-OH is 1. The predicted octanol–water partition coefficient (Wildman–Crippen LogP) is 3.93. The van der Waals surface area contributed by atoms with E-state index in [-0.39, 0.29) is 29.4 Å². The minimum Gasteiger partial charge on any atom is -0.388 e. The zero-order chi connectivity index (χ0) is 22.4. The van der Waals surface area contributed by atoms with Gasteiger partial charge in [-0.05, 0) is 54.7 Å². The van der Waals surface area contributed by atoms with Crippen LogP contribution in [0.5, 0.6) is 0 Å². The SMILES string of the molecule is CC1C[C@H]2[C@@H]3CC(F)C4=CC(=O)C(Cl)=C[C@]4(C)[C@@]3(Cl)C(Cl)C[C@]2(C)[C@@]1(O)C(=O)CO. The number of hydrogen-bond donors (Lipinski definition) is 2. The monoisotopic (exact) mass is 478 g/mol. The summed E-state index contributed by atoms with van der Waals surface area (Å²) in [7, 11) is 0. The van der Waals surface area contributed by atoms with Crippen molar-refractivity contribution in [1.29, 1.82) is 0 Å². The van der Waals surface area contributed by atoms with Crippen LogP contribution >= 0.6 is 34.8 Å². The number of Topliss-reactive ketones (excluding diaryl/α,β-unsaturated/α-hetero) is 1. The van der Waals surface area contributed by atoms with Crippen LogP contribution in [0.3, 0.4) is 0 Å². The van der Waals surface area contributed by atoms with E-state index in [1.165, 1.54) is 12.2 Å². The first-order chi connectivity index (χ1) is 13.8. The van der Waals surface area contributed by atoms with Crippen LogP contribution in [0.25, 0.3) is 0 Å². The summed E-state index contributed by atoms with van der Waals surface area (Å²) in [4.78, 5) is 23.7. The van der Waals surface area contributed by atoms with Gasteiger partial charge in [-0.1, -0.05) is 32.4 Å². The van der Waals surface area contributed by atoms with Crippen molar-refractivity contribution in [3.05, 3.63) is 22.8 Å². The topological polar surface area (TPSA) is 74.6 Å². The third kappa shape index (κ3) is 2.42. The average Bonchev–Trinajstić information content (AvgIpc) is 2.87. The second kappa shape index (κ2) is 6.77. The summed E-state index contributed by atoms with van der Waals surface area (Å²) in [6.07, 6.45) is 2.07. The Balaban J connectivity index is 1.89. The lowest BCUT2D eigenvalue weighted by atomic mass is 9.46. The van der Waals surface area contributed by atoms with Gasteiger partial charge in [-0.15, -0.1) is 23.2 Å². The number of carbonyl (C=O) groups excluding carboxylic acids is 2. The molecule has 2 N–H and O–H groups in total. The zero-order valence-corrected chi connectivity index (χ0v) is 19.4. The fourth-order valence-corrected chi connectivity index (χ4v) is 8.71. The number of ketones is 2. The average molecular weight is 480 g/mol. The minimum atomic E-state index is -1.77. The van der Waals surface area contributed by atoms with Crippen LogP contribution in [0.15, 0.2) is 22.8 Å². The molecule has 3 saturated carbocycles. The van der Waals surface area contributed by atoms with Gasteiger partial charge >= 0.3 is 0 Å². The number of allylic oxidation sites excluding steroid dienone is 4. The smallest absolute Gasteiger partial charge is 0.196 e. The highest BCUT2D eigenvalue weighted by Crippen LogP contribution is 2.72. The van der Waals surface area contributed by atoms with Crippen LogP contribution in [0.2, 0.25) is 0 Å². The summed E-state index contributed by atoms with van der Waals surface area (Å²) in [6.45, 7) is 4.56. The lowest BCUT2D eigenvalue weighted by Crippen LogP contribution is -2.69. The molecule has 4 aliphatic rings. The predicted molar refractivity (Wildman–Crippen MR) is 113 cm³/mol. The van der Waals surface area contributed by atoms with Gasteiger partial charge in [-0.25, -0.2) is 4.39 Å². The molecular weight excluding hydrogens is 454 g/mol. The van der Waals surface area contributed by atoms with Crippen molar-refractivity contribution in [3.8, 4) is 0 Å². The van der Waals surface area contributed by atoms with Crippen LogP contribution in [0.4, 0.5) is 4.39 Å². The zero-order valence-electron chi connectivity index (χ0n) is 17.1. The molecule has 30 heavy (non-hydrogen) atoms. The highest BCUT2D eigenvalue weighted by molar-refractivity contribution is 6.45. The van der Waals surface area contributed by atoms with E-state index in [0.29, 0.717) is 6.42 Å². The molecule has 3 fully saturated rings. The number of hydrogen-bond acceptors (Lipinski definition) is 4. The standard InChI is InChI=1S/C22H26Cl3FO4/c1-10-4-11-12-5-15(26)13-6-16(28)14(23)7-19(13,2)21(12,25)17(24)8-20(11,3)22(10,30)18(29)9-27/h6-7,10-12,15,17,27,30H,4-5,8-9H2,1-3H3/t10?,11-,12-,15?,17?,19-,20-,21-,22-/m0/s1. The summed E-state index contributed by atoms with van der Waals surface area (Å²) >= 11 is 20.4. The maximum atomic E-state index is 15.5. The van der Waals surface area contributed by atoms with Gasteiger partial charge < -0.3 is 10.2 Å². The summed E-state index contributed by atoms with van der Waals surface area (Å²) in [5, 5.41) is 20.3. The molecule has 0 heterocycles. The Hall–Kier alpha value is -0.460. The van der Waals surface area contributed by atoms with Gasteiger partial charge in [-0.3, -0.25) is 9.59 Å². The van der Waals surface area contributed by atoms with E-state index < -0.39 is 62.9 Å². The van der Waals surface area contributed by atoms with Crippen molar-refractivity contribution in [2.45, 2.75) is 62.1 Å². The molecule has 0 amide bonds. The van der Waals surface area contributed by atoms with E-state index in [1.54, 1.807) is 20.8 Å². The number of alkyl halides is 3. The van der Waals surface area contributed by atoms with E-state index in [1.807, 2.05) is 0 Å². The van der Waals surface area contributed by atoms with E-state index in [2.05, 4.69) is 0 Å². The number of rotatable bonds is 2. The van der Waals surface area contributed by atoms with Gasteiger partial charge in [-0.2, -0.15) is 0 Å². The van der Waals surface area contributed by atoms with Crippen LogP contribution in [0.1, 0.15) is 40.0 Å². The van der Waals surface area contributed by atoms with Crippen molar-refractivity contribution >= 4 is 46.4 Å². The molecule has 166 valence electrons. The molecule has 3 unspecified atom stereocenters. The van der Waals surface area contributed by atoms with Crippen LogP contribution in [-0.2, 0) is 9.59 Å². The van der Waals surface area contributed by atoms with E-state index >= 15 is 4.39 Å². The number of aliphatic hydroxyl groups is 2. The normalized spacial score (nSPS) is 52.7. The second-order valence-corrected chi connectivity index (χ2v) is 11.5. The highest BCUT2D eigenvalue weighted by Gasteiger charge is 2.75. The molecule has 0 saturated heterocycles. The molecule has 8 heteroatoms. The van der Waals surface area contributed by atoms with Crippen LogP contribution < -0.4 is 0 Å². The molecule has 0 aromatic heterocycles. The molecule has 0 aromatic rings. The third-order valence-electron chi connectivity index (χ3n) is 8.79. The van der Waals surface area contributed by atoms with Crippen molar-refractivity contribution < 1.29 is 24.2 Å². The Morgan fingerprint density at radius 3 is 2.53 bits per heavy atom. The molecule has 0 spiro atoms. The second-order valence-electron chi connectivity index (χ2n) is 9.92. The van der Waals surface area contributed by atoms with Gasteiger partial charge in [0.2, 0.25) is 0 Å². The summed E-state index contributed by atoms with van der Waals surface area (Å²) in [6, 6.07) is 0. The highest BCUT2D eigenvalue weighted by atomic mass is 35.5. The molecule has 0 aliphatic heterocycles. The summed E-state index contributed by atoms with van der Waals surface area (Å²) < 4.78 is 15.5.